The summed E-state index contributed by atoms with van der Waals surface area (Å²) < 4.78 is 28.4. The Hall–Kier alpha value is -1.74. The summed E-state index contributed by atoms with van der Waals surface area (Å²) in [5, 5.41) is 8.66. The molecule has 2 aliphatic rings. The van der Waals surface area contributed by atoms with Gasteiger partial charge in [0, 0.05) is 12.5 Å². The molecule has 0 unspecified atom stereocenters. The smallest absolute Gasteiger partial charge is 0.303 e. The number of benzene rings is 1. The lowest BCUT2D eigenvalue weighted by Gasteiger charge is -2.31. The van der Waals surface area contributed by atoms with Gasteiger partial charge in [0.25, 0.3) is 0 Å². The van der Waals surface area contributed by atoms with E-state index in [-0.39, 0.29) is 23.4 Å². The normalized spacial score (nSPS) is 26.0. The van der Waals surface area contributed by atoms with Crippen LogP contribution in [-0.2, 0) is 14.8 Å². The van der Waals surface area contributed by atoms with Crippen molar-refractivity contribution in [1.29, 1.82) is 0 Å². The molecule has 2 bridgehead atoms. The molecule has 0 aliphatic heterocycles. The third kappa shape index (κ3) is 5.88. The summed E-state index contributed by atoms with van der Waals surface area (Å²) in [5.41, 5.74) is 0. The number of rotatable bonds is 9. The molecule has 2 saturated carbocycles. The van der Waals surface area contributed by atoms with Crippen LogP contribution >= 0.6 is 0 Å². The molecule has 8 heteroatoms. The Morgan fingerprint density at radius 3 is 2.46 bits per heavy atom. The maximum atomic E-state index is 12.7. The number of unbranched alkanes of at least 4 members (excludes halogenated alkanes) is 1. The summed E-state index contributed by atoms with van der Waals surface area (Å²) >= 11 is 0. The first kappa shape index (κ1) is 24.3. The zero-order valence-electron chi connectivity index (χ0n) is 15.9. The molecule has 0 amide bonds. The van der Waals surface area contributed by atoms with Crippen LogP contribution in [0.2, 0.25) is 0 Å². The molecular formula is C20H31NO6S. The quantitative estimate of drug-likeness (QED) is 0.470. The van der Waals surface area contributed by atoms with E-state index in [9.17, 15) is 13.2 Å². The Morgan fingerprint density at radius 2 is 1.79 bits per heavy atom. The third-order valence-electron chi connectivity index (χ3n) is 5.77. The summed E-state index contributed by atoms with van der Waals surface area (Å²) in [7, 11) is -3.49. The van der Waals surface area contributed by atoms with Gasteiger partial charge in [0.2, 0.25) is 10.0 Å². The highest BCUT2D eigenvalue weighted by atomic mass is 32.2. The summed E-state index contributed by atoms with van der Waals surface area (Å²) in [6.07, 6.45) is 10.00. The molecular weight excluding hydrogens is 382 g/mol. The largest absolute Gasteiger partial charge is 0.481 e. The number of allylic oxidation sites excluding steroid dienone is 2. The highest BCUT2D eigenvalue weighted by molar-refractivity contribution is 7.89. The van der Waals surface area contributed by atoms with Crippen molar-refractivity contribution in [2.45, 2.75) is 55.9 Å². The van der Waals surface area contributed by atoms with E-state index in [1.807, 2.05) is 12.1 Å². The van der Waals surface area contributed by atoms with Crippen LogP contribution in [0.5, 0.6) is 0 Å². The minimum atomic E-state index is -3.49. The van der Waals surface area contributed by atoms with E-state index in [4.69, 9.17) is 5.11 Å². The Kier molecular flexibility index (Phi) is 9.29. The minimum Gasteiger partial charge on any atom is -0.481 e. The number of hydrogen-bond acceptors (Lipinski definition) is 3. The van der Waals surface area contributed by atoms with Gasteiger partial charge in [-0.1, -0.05) is 30.4 Å². The van der Waals surface area contributed by atoms with E-state index >= 15 is 0 Å². The SMILES string of the molecule is O.O.O=C(O)CCC/C=C\C[C@H]1[C@@H]2CC[C@@H](C2)[C@H]1NS(=O)(=O)c1ccccc1. The zero-order chi connectivity index (χ0) is 18.6. The van der Waals surface area contributed by atoms with Gasteiger partial charge in [-0.3, -0.25) is 4.79 Å². The molecule has 0 aromatic heterocycles. The molecule has 2 fully saturated rings. The molecule has 1 aromatic carbocycles. The Balaban J connectivity index is 0.00000196. The van der Waals surface area contributed by atoms with E-state index in [0.717, 1.165) is 25.7 Å². The van der Waals surface area contributed by atoms with Crippen molar-refractivity contribution in [3.63, 3.8) is 0 Å². The molecule has 158 valence electrons. The lowest BCUT2D eigenvalue weighted by atomic mass is 9.83. The average Bonchev–Trinajstić information content (AvgIpc) is 3.20. The van der Waals surface area contributed by atoms with Gasteiger partial charge in [0.15, 0.2) is 0 Å². The molecule has 0 saturated heterocycles. The number of hydrogen-bond donors (Lipinski definition) is 2. The molecule has 7 nitrogen and oxygen atoms in total. The van der Waals surface area contributed by atoms with Crippen LogP contribution in [0.1, 0.15) is 44.9 Å². The first-order valence-electron chi connectivity index (χ1n) is 9.41. The fourth-order valence-corrected chi connectivity index (χ4v) is 5.90. The molecule has 6 N–H and O–H groups in total. The van der Waals surface area contributed by atoms with Crippen molar-refractivity contribution in [3.05, 3.63) is 42.5 Å². The summed E-state index contributed by atoms with van der Waals surface area (Å²) in [4.78, 5) is 10.9. The van der Waals surface area contributed by atoms with Gasteiger partial charge in [-0.2, -0.15) is 0 Å². The average molecular weight is 414 g/mol. The van der Waals surface area contributed by atoms with Gasteiger partial charge in [0.05, 0.1) is 4.90 Å². The number of nitrogens with one attached hydrogen (secondary N) is 1. The monoisotopic (exact) mass is 413 g/mol. The molecule has 0 spiro atoms. The van der Waals surface area contributed by atoms with Gasteiger partial charge in [0.1, 0.15) is 0 Å². The zero-order valence-corrected chi connectivity index (χ0v) is 16.7. The molecule has 2 aliphatic carbocycles. The van der Waals surface area contributed by atoms with E-state index < -0.39 is 16.0 Å². The number of carboxylic acid groups (broad SMARTS) is 1. The second-order valence-electron chi connectivity index (χ2n) is 7.45. The van der Waals surface area contributed by atoms with Crippen LogP contribution in [0.25, 0.3) is 0 Å². The summed E-state index contributed by atoms with van der Waals surface area (Å²) in [5.74, 6) is 0.598. The Morgan fingerprint density at radius 1 is 1.11 bits per heavy atom. The van der Waals surface area contributed by atoms with E-state index in [0.29, 0.717) is 29.1 Å². The van der Waals surface area contributed by atoms with Crippen molar-refractivity contribution in [1.82, 2.24) is 4.72 Å². The van der Waals surface area contributed by atoms with Crippen molar-refractivity contribution in [3.8, 4) is 0 Å². The van der Waals surface area contributed by atoms with E-state index in [2.05, 4.69) is 10.8 Å². The van der Waals surface area contributed by atoms with Crippen molar-refractivity contribution in [2.24, 2.45) is 17.8 Å². The summed E-state index contributed by atoms with van der Waals surface area (Å²) in [6.45, 7) is 0. The molecule has 0 radical (unpaired) electrons. The predicted octanol–water partition coefficient (Wildman–Crippen LogP) is 1.93. The molecule has 4 atom stereocenters. The molecule has 0 heterocycles. The first-order chi connectivity index (χ1) is 12.5. The number of fused-ring (bicyclic) bond motifs is 2. The number of carbonyl (C=O) groups is 1. The van der Waals surface area contributed by atoms with E-state index in [1.54, 1.807) is 24.3 Å². The van der Waals surface area contributed by atoms with Crippen molar-refractivity contribution in [2.75, 3.05) is 0 Å². The molecule has 1 aromatic rings. The van der Waals surface area contributed by atoms with Gasteiger partial charge in [-0.25, -0.2) is 13.1 Å². The second kappa shape index (κ2) is 10.7. The fourth-order valence-electron chi connectivity index (χ4n) is 4.52. The number of aliphatic carboxylic acids is 1. The van der Waals surface area contributed by atoms with Gasteiger partial charge >= 0.3 is 5.97 Å². The maximum absolute atomic E-state index is 12.7. The van der Waals surface area contributed by atoms with Crippen LogP contribution in [0, 0.1) is 17.8 Å². The van der Waals surface area contributed by atoms with Crippen LogP contribution < -0.4 is 4.72 Å². The standard InChI is InChI=1S/C20H27NO4S.2H2O/c22-19(23)11-7-2-1-6-10-18-15-12-13-16(14-15)20(18)21-26(24,25)17-8-4-3-5-9-17;;/h1,3-6,8-9,15-16,18,20-21H,2,7,10-14H2,(H,22,23);2*1H2/b6-1-;;/t15-,16+,18+,20-;;/m1../s1. The maximum Gasteiger partial charge on any atom is 0.303 e. The van der Waals surface area contributed by atoms with Gasteiger partial charge in [-0.15, -0.1) is 0 Å². The Labute approximate surface area is 166 Å². The third-order valence-corrected chi connectivity index (χ3v) is 7.24. The van der Waals surface area contributed by atoms with Crippen LogP contribution in [-0.4, -0.2) is 36.5 Å². The van der Waals surface area contributed by atoms with Crippen molar-refractivity contribution >= 4 is 16.0 Å². The highest BCUT2D eigenvalue weighted by Gasteiger charge is 2.48. The Bertz CT molecular complexity index is 749. The summed E-state index contributed by atoms with van der Waals surface area (Å²) in [6, 6.07) is 8.57. The van der Waals surface area contributed by atoms with Crippen LogP contribution in [0.4, 0.5) is 0 Å². The molecule has 28 heavy (non-hydrogen) atoms. The van der Waals surface area contributed by atoms with Gasteiger partial charge < -0.3 is 16.1 Å². The van der Waals surface area contributed by atoms with E-state index in [1.165, 1.54) is 6.42 Å². The number of sulfonamides is 1. The second-order valence-corrected chi connectivity index (χ2v) is 9.16. The van der Waals surface area contributed by atoms with Crippen molar-refractivity contribution < 1.29 is 29.3 Å². The first-order valence-corrected chi connectivity index (χ1v) is 10.9. The topological polar surface area (TPSA) is 146 Å². The lowest BCUT2D eigenvalue weighted by Crippen LogP contribution is -2.43. The van der Waals surface area contributed by atoms with Crippen LogP contribution in [0.15, 0.2) is 47.4 Å². The predicted molar refractivity (Wildman–Crippen MR) is 107 cm³/mol. The van der Waals surface area contributed by atoms with Crippen LogP contribution in [0.3, 0.4) is 0 Å². The molecule has 3 rings (SSSR count). The lowest BCUT2D eigenvalue weighted by molar-refractivity contribution is -0.137. The highest BCUT2D eigenvalue weighted by Crippen LogP contribution is 2.50. The fraction of sp³-hybridized carbons (Fsp3) is 0.550. The number of carboxylic acids is 1. The van der Waals surface area contributed by atoms with Gasteiger partial charge in [-0.05, 0) is 68.4 Å². The minimum absolute atomic E-state index is 0.